The van der Waals surface area contributed by atoms with Gasteiger partial charge in [-0.3, -0.25) is 9.59 Å². The maximum Gasteiger partial charge on any atom is 0.362 e. The lowest BCUT2D eigenvalue weighted by atomic mass is 9.79. The van der Waals surface area contributed by atoms with Crippen LogP contribution in [0.4, 0.5) is 11.4 Å². The van der Waals surface area contributed by atoms with E-state index < -0.39 is 23.9 Å². The average molecular weight is 1070 g/mol. The molecule has 1 saturated heterocycles. The van der Waals surface area contributed by atoms with Crippen molar-refractivity contribution in [3.8, 4) is 11.5 Å². The standard InChI is InChI=1S/C68H113N3O6/c1-45(2)25-19-27-47(5)29-21-31-49(7)33-23-38-67(15)40-35-57-51(9)52(10)60(56(14)61(57)70-67)69-65(73)64(75-59(72)37-44-71-42-17-18-43-71)66(74)76-62-53(11)54(12)63-58(55(62)13)36-41-68(16,77-63)39-24-34-50(8)32-22-30-48(6)28-20-26-46(3)4/h45-50,64,70H,17-44H2,1-16H3,(H,69,73)/t47-,48-,49-,50-,64?,67-,68-/m1/s1. The van der Waals surface area contributed by atoms with E-state index in [-0.39, 0.29) is 17.6 Å². The number of likely N-dealkylation sites (tertiary alicyclic amines) is 1. The van der Waals surface area contributed by atoms with Crippen LogP contribution >= 0.6 is 0 Å². The zero-order valence-corrected chi connectivity index (χ0v) is 52.2. The van der Waals surface area contributed by atoms with E-state index >= 15 is 0 Å². The molecule has 0 saturated carbocycles. The summed E-state index contributed by atoms with van der Waals surface area (Å²) >= 11 is 0. The quantitative estimate of drug-likeness (QED) is 0.0424. The molecule has 9 heteroatoms. The molecule has 2 aromatic carbocycles. The van der Waals surface area contributed by atoms with Gasteiger partial charge >= 0.3 is 11.9 Å². The number of fused-ring (bicyclic) bond motifs is 2. The van der Waals surface area contributed by atoms with Gasteiger partial charge in [-0.15, -0.1) is 0 Å². The molecule has 9 nitrogen and oxygen atoms in total. The second kappa shape index (κ2) is 30.3. The molecule has 0 spiro atoms. The molecule has 5 rings (SSSR count). The molecule has 3 heterocycles. The Labute approximate surface area is 471 Å². The first-order chi connectivity index (χ1) is 36.4. The van der Waals surface area contributed by atoms with Crippen LogP contribution in [0.1, 0.15) is 261 Å². The first kappa shape index (κ1) is 64.2. The van der Waals surface area contributed by atoms with E-state index in [9.17, 15) is 14.4 Å². The third-order valence-electron chi connectivity index (χ3n) is 18.9. The van der Waals surface area contributed by atoms with Crippen LogP contribution in [0.2, 0.25) is 0 Å². The number of amides is 1. The van der Waals surface area contributed by atoms with E-state index in [4.69, 9.17) is 14.2 Å². The highest BCUT2D eigenvalue weighted by atomic mass is 16.6. The molecule has 7 atom stereocenters. The zero-order valence-electron chi connectivity index (χ0n) is 52.2. The second-order valence-corrected chi connectivity index (χ2v) is 27.1. The van der Waals surface area contributed by atoms with Crippen LogP contribution in [-0.4, -0.2) is 59.6 Å². The molecule has 436 valence electrons. The number of anilines is 2. The monoisotopic (exact) mass is 1070 g/mol. The number of ether oxygens (including phenoxy) is 3. The number of nitrogens with zero attached hydrogens (tertiary/aromatic N) is 1. The Morgan fingerprint density at radius 2 is 1.10 bits per heavy atom. The van der Waals surface area contributed by atoms with E-state index in [2.05, 4.69) is 98.6 Å². The summed E-state index contributed by atoms with van der Waals surface area (Å²) in [6.45, 7) is 38.1. The number of hydrogen-bond acceptors (Lipinski definition) is 8. The molecule has 1 amide bonds. The van der Waals surface area contributed by atoms with Gasteiger partial charge in [-0.25, -0.2) is 4.79 Å². The Kier molecular flexibility index (Phi) is 25.3. The Morgan fingerprint density at radius 1 is 0.597 bits per heavy atom. The van der Waals surface area contributed by atoms with Gasteiger partial charge in [0.15, 0.2) is 0 Å². The van der Waals surface area contributed by atoms with Gasteiger partial charge in [0.05, 0.1) is 6.42 Å². The first-order valence-electron chi connectivity index (χ1n) is 31.6. The topological polar surface area (TPSA) is 106 Å². The van der Waals surface area contributed by atoms with Crippen molar-refractivity contribution < 1.29 is 28.6 Å². The predicted molar refractivity (Wildman–Crippen MR) is 323 cm³/mol. The molecule has 1 fully saturated rings. The number of hydrogen-bond donors (Lipinski definition) is 2. The van der Waals surface area contributed by atoms with E-state index in [1.54, 1.807) is 0 Å². The summed E-state index contributed by atoms with van der Waals surface area (Å²) in [5, 5.41) is 7.11. The van der Waals surface area contributed by atoms with Gasteiger partial charge in [0.25, 0.3) is 12.0 Å². The fourth-order valence-electron chi connectivity index (χ4n) is 13.1. The van der Waals surface area contributed by atoms with Crippen LogP contribution < -0.4 is 20.1 Å². The number of rotatable bonds is 32. The highest BCUT2D eigenvalue weighted by Crippen LogP contribution is 2.46. The smallest absolute Gasteiger partial charge is 0.362 e. The predicted octanol–water partition coefficient (Wildman–Crippen LogP) is 17.6. The Bertz CT molecular complexity index is 2230. The lowest BCUT2D eigenvalue weighted by molar-refractivity contribution is -0.166. The molecular weight excluding hydrogens is 955 g/mol. The molecule has 77 heavy (non-hydrogen) atoms. The van der Waals surface area contributed by atoms with Crippen LogP contribution in [0.15, 0.2) is 0 Å². The Hall–Kier alpha value is -3.59. The van der Waals surface area contributed by atoms with Crippen LogP contribution in [0.3, 0.4) is 0 Å². The fraction of sp³-hybridized carbons (Fsp3) is 0.779. The maximum absolute atomic E-state index is 14.7. The molecule has 3 aliphatic rings. The van der Waals surface area contributed by atoms with Crippen molar-refractivity contribution in [2.24, 2.45) is 35.5 Å². The van der Waals surface area contributed by atoms with E-state index in [1.807, 2.05) is 27.7 Å². The second-order valence-electron chi connectivity index (χ2n) is 27.1. The van der Waals surface area contributed by atoms with Crippen molar-refractivity contribution >= 4 is 29.2 Å². The minimum atomic E-state index is -1.81. The maximum atomic E-state index is 14.7. The van der Waals surface area contributed by atoms with Crippen molar-refractivity contribution in [2.75, 3.05) is 30.3 Å². The van der Waals surface area contributed by atoms with Gasteiger partial charge in [0, 0.05) is 29.0 Å². The van der Waals surface area contributed by atoms with Crippen molar-refractivity contribution in [2.45, 2.75) is 289 Å². The van der Waals surface area contributed by atoms with Crippen LogP contribution in [-0.2, 0) is 32.0 Å². The molecule has 1 unspecified atom stereocenters. The molecule has 0 radical (unpaired) electrons. The van der Waals surface area contributed by atoms with Crippen molar-refractivity contribution in [1.82, 2.24) is 4.90 Å². The van der Waals surface area contributed by atoms with E-state index in [0.29, 0.717) is 29.8 Å². The molecular formula is C68H113N3O6. The Balaban J connectivity index is 1.25. The van der Waals surface area contributed by atoms with Crippen LogP contribution in [0.5, 0.6) is 11.5 Å². The normalized spacial score (nSPS) is 20.4. The van der Waals surface area contributed by atoms with Crippen molar-refractivity contribution in [3.63, 3.8) is 0 Å². The minimum absolute atomic E-state index is 0.0785. The number of esters is 2. The number of nitrogens with one attached hydrogen (secondary N) is 2. The summed E-state index contributed by atoms with van der Waals surface area (Å²) in [5.41, 5.74) is 9.18. The molecule has 2 aromatic rings. The highest BCUT2D eigenvalue weighted by molar-refractivity contribution is 6.10. The van der Waals surface area contributed by atoms with Crippen LogP contribution in [0.25, 0.3) is 0 Å². The van der Waals surface area contributed by atoms with Gasteiger partial charge in [-0.1, -0.05) is 152 Å². The van der Waals surface area contributed by atoms with Gasteiger partial charge in [0.2, 0.25) is 0 Å². The molecule has 0 aromatic heterocycles. The molecule has 2 N–H and O–H groups in total. The first-order valence-corrected chi connectivity index (χ1v) is 31.6. The number of carbonyl (C=O) groups is 3. The minimum Gasteiger partial charge on any atom is -0.487 e. The number of carbonyl (C=O) groups excluding carboxylic acids is 3. The van der Waals surface area contributed by atoms with Crippen molar-refractivity contribution in [1.29, 1.82) is 0 Å². The summed E-state index contributed by atoms with van der Waals surface area (Å²) in [7, 11) is 0. The largest absolute Gasteiger partial charge is 0.487 e. The lowest BCUT2D eigenvalue weighted by Gasteiger charge is -2.40. The molecule has 3 aliphatic heterocycles. The third-order valence-corrected chi connectivity index (χ3v) is 18.9. The van der Waals surface area contributed by atoms with Gasteiger partial charge in [-0.2, -0.15) is 0 Å². The molecule has 0 aliphatic carbocycles. The Morgan fingerprint density at radius 3 is 1.65 bits per heavy atom. The van der Waals surface area contributed by atoms with E-state index in [0.717, 1.165) is 151 Å². The van der Waals surface area contributed by atoms with Gasteiger partial charge in [0.1, 0.15) is 17.1 Å². The van der Waals surface area contributed by atoms with Gasteiger partial charge < -0.3 is 29.7 Å². The highest BCUT2D eigenvalue weighted by Gasteiger charge is 2.39. The summed E-state index contributed by atoms with van der Waals surface area (Å²) < 4.78 is 19.2. The zero-order chi connectivity index (χ0) is 56.6. The average Bonchev–Trinajstić information content (AvgIpc) is 3.93. The van der Waals surface area contributed by atoms with Gasteiger partial charge in [-0.05, 0) is 201 Å². The summed E-state index contributed by atoms with van der Waals surface area (Å²) in [6, 6.07) is 0. The van der Waals surface area contributed by atoms with Crippen molar-refractivity contribution in [3.05, 3.63) is 44.5 Å². The van der Waals surface area contributed by atoms with E-state index in [1.165, 1.54) is 95.5 Å². The van der Waals surface area contributed by atoms with Crippen LogP contribution in [0, 0.1) is 77.0 Å². The molecule has 0 bridgehead atoms. The number of benzene rings is 2. The SMILES string of the molecule is Cc1c(C)c(NC(=O)C(OC(=O)CCN2CCCC2)C(=O)Oc2c(C)c(C)c3c(c2C)CC[C@@](C)(CCC[C@H](C)CCC[C@H](C)CCCC(C)C)O3)c(C)c2c1CC[C@@](C)(CCC[C@H](C)CCC[C@H](C)CCCC(C)C)N2. The fourth-order valence-corrected chi connectivity index (χ4v) is 13.1. The summed E-state index contributed by atoms with van der Waals surface area (Å²) in [4.78, 5) is 45.2. The lowest BCUT2D eigenvalue weighted by Crippen LogP contribution is -2.43. The summed E-state index contributed by atoms with van der Waals surface area (Å²) in [6.07, 6.45) is 26.9. The third kappa shape index (κ3) is 19.3. The summed E-state index contributed by atoms with van der Waals surface area (Å²) in [5.74, 6) is 3.71.